The highest BCUT2D eigenvalue weighted by Gasteiger charge is 2.15. The minimum absolute atomic E-state index is 0.0310. The van der Waals surface area contributed by atoms with Gasteiger partial charge in [0.1, 0.15) is 0 Å². The van der Waals surface area contributed by atoms with Crippen LogP contribution in [-0.2, 0) is 6.54 Å². The van der Waals surface area contributed by atoms with E-state index >= 15 is 0 Å². The molecule has 23 heavy (non-hydrogen) atoms. The van der Waals surface area contributed by atoms with Crippen LogP contribution >= 0.6 is 0 Å². The van der Waals surface area contributed by atoms with E-state index in [-0.39, 0.29) is 6.03 Å². The van der Waals surface area contributed by atoms with E-state index in [1.807, 2.05) is 60.7 Å². The van der Waals surface area contributed by atoms with E-state index in [0.717, 1.165) is 24.2 Å². The zero-order chi connectivity index (χ0) is 16.3. The predicted octanol–water partition coefficient (Wildman–Crippen LogP) is 4.98. The lowest BCUT2D eigenvalue weighted by atomic mass is 10.2. The number of amides is 2. The number of nitrogens with zero attached hydrogens (tertiary/aromatic N) is 1. The van der Waals surface area contributed by atoms with Crippen LogP contribution in [0.4, 0.5) is 10.5 Å². The molecular formula is C20H26N2O. The number of para-hydroxylation sites is 1. The van der Waals surface area contributed by atoms with E-state index in [1.54, 1.807) is 4.90 Å². The zero-order valence-electron chi connectivity index (χ0n) is 13.9. The number of carbonyl (C=O) groups excluding carboxylic acids is 1. The first-order chi connectivity index (χ1) is 11.3. The van der Waals surface area contributed by atoms with Crippen molar-refractivity contribution >= 4 is 11.7 Å². The maximum absolute atomic E-state index is 12.6. The topological polar surface area (TPSA) is 32.3 Å². The number of rotatable bonds is 8. The third kappa shape index (κ3) is 5.78. The molecule has 0 saturated heterocycles. The lowest BCUT2D eigenvalue weighted by Gasteiger charge is -2.23. The van der Waals surface area contributed by atoms with Crippen LogP contribution < -0.4 is 10.2 Å². The van der Waals surface area contributed by atoms with Gasteiger partial charge in [0.15, 0.2) is 0 Å². The van der Waals surface area contributed by atoms with Crippen molar-refractivity contribution < 1.29 is 4.79 Å². The van der Waals surface area contributed by atoms with Crippen molar-refractivity contribution in [3.63, 3.8) is 0 Å². The quantitative estimate of drug-likeness (QED) is 0.685. The fraction of sp³-hybridized carbons (Fsp3) is 0.350. The number of benzene rings is 2. The molecule has 3 nitrogen and oxygen atoms in total. The second-order valence-corrected chi connectivity index (χ2v) is 5.70. The maximum atomic E-state index is 12.6. The van der Waals surface area contributed by atoms with E-state index in [0.29, 0.717) is 6.54 Å². The molecule has 0 aliphatic rings. The molecule has 2 aromatic carbocycles. The fourth-order valence-electron chi connectivity index (χ4n) is 2.50. The van der Waals surface area contributed by atoms with Crippen molar-refractivity contribution in [1.29, 1.82) is 0 Å². The molecule has 0 aliphatic carbocycles. The molecule has 0 spiro atoms. The molecule has 1 N–H and O–H groups in total. The number of urea groups is 1. The second kappa shape index (κ2) is 9.67. The molecule has 3 heteroatoms. The van der Waals surface area contributed by atoms with E-state index in [4.69, 9.17) is 0 Å². The molecule has 0 atom stereocenters. The van der Waals surface area contributed by atoms with Crippen LogP contribution in [0.2, 0.25) is 0 Å². The van der Waals surface area contributed by atoms with Gasteiger partial charge in [0.05, 0.1) is 6.54 Å². The van der Waals surface area contributed by atoms with Gasteiger partial charge in [-0.1, -0.05) is 74.7 Å². The summed E-state index contributed by atoms with van der Waals surface area (Å²) in [6, 6.07) is 19.9. The highest BCUT2D eigenvalue weighted by molar-refractivity contribution is 5.91. The molecule has 122 valence electrons. The normalized spacial score (nSPS) is 10.3. The number of hydrogen-bond donors (Lipinski definition) is 1. The number of unbranched alkanes of at least 4 members (excludes halogenated alkanes) is 3. The van der Waals surface area contributed by atoms with Gasteiger partial charge in [-0.25, -0.2) is 4.79 Å². The summed E-state index contributed by atoms with van der Waals surface area (Å²) in [7, 11) is 0. The molecule has 0 radical (unpaired) electrons. The molecule has 0 bridgehead atoms. The van der Waals surface area contributed by atoms with Gasteiger partial charge in [-0.3, -0.25) is 4.90 Å². The Balaban J connectivity index is 2.00. The van der Waals surface area contributed by atoms with Gasteiger partial charge in [0.25, 0.3) is 0 Å². The van der Waals surface area contributed by atoms with Crippen LogP contribution in [0.5, 0.6) is 0 Å². The van der Waals surface area contributed by atoms with Gasteiger partial charge in [0.2, 0.25) is 0 Å². The van der Waals surface area contributed by atoms with Crippen LogP contribution in [0.15, 0.2) is 60.7 Å². The van der Waals surface area contributed by atoms with Gasteiger partial charge in [-0.15, -0.1) is 0 Å². The van der Waals surface area contributed by atoms with E-state index in [9.17, 15) is 4.79 Å². The number of anilines is 1. The molecule has 0 heterocycles. The average molecular weight is 310 g/mol. The standard InChI is InChI=1S/C20H26N2O/c1-2-3-4-11-16-21-20(23)22(19-14-9-6-10-15-19)17-18-12-7-5-8-13-18/h5-10,12-15H,2-4,11,16-17H2,1H3,(H,21,23). The van der Waals surface area contributed by atoms with Crippen molar-refractivity contribution in [2.45, 2.75) is 39.2 Å². The van der Waals surface area contributed by atoms with Crippen molar-refractivity contribution in [2.24, 2.45) is 0 Å². The Morgan fingerprint density at radius 3 is 2.22 bits per heavy atom. The molecular weight excluding hydrogens is 284 g/mol. The molecule has 0 fully saturated rings. The third-order valence-electron chi connectivity index (χ3n) is 3.80. The third-order valence-corrected chi connectivity index (χ3v) is 3.80. The summed E-state index contributed by atoms with van der Waals surface area (Å²) >= 11 is 0. The fourth-order valence-corrected chi connectivity index (χ4v) is 2.50. The summed E-state index contributed by atoms with van der Waals surface area (Å²) in [6.07, 6.45) is 4.63. The summed E-state index contributed by atoms with van der Waals surface area (Å²) in [4.78, 5) is 14.4. The minimum atomic E-state index is -0.0310. The van der Waals surface area contributed by atoms with Gasteiger partial charge in [-0.05, 0) is 24.1 Å². The first kappa shape index (κ1) is 17.1. The Morgan fingerprint density at radius 1 is 0.913 bits per heavy atom. The highest BCUT2D eigenvalue weighted by Crippen LogP contribution is 2.17. The van der Waals surface area contributed by atoms with Gasteiger partial charge in [-0.2, -0.15) is 0 Å². The van der Waals surface area contributed by atoms with E-state index < -0.39 is 0 Å². The minimum Gasteiger partial charge on any atom is -0.338 e. The predicted molar refractivity (Wildman–Crippen MR) is 96.6 cm³/mol. The van der Waals surface area contributed by atoms with Gasteiger partial charge >= 0.3 is 6.03 Å². The van der Waals surface area contributed by atoms with Crippen LogP contribution in [0.3, 0.4) is 0 Å². The van der Waals surface area contributed by atoms with Gasteiger partial charge in [0, 0.05) is 12.2 Å². The summed E-state index contributed by atoms with van der Waals surface area (Å²) in [5.41, 5.74) is 2.04. The lowest BCUT2D eigenvalue weighted by Crippen LogP contribution is -2.40. The Labute approximate surface area is 139 Å². The second-order valence-electron chi connectivity index (χ2n) is 5.70. The molecule has 0 aromatic heterocycles. The van der Waals surface area contributed by atoms with Crippen molar-refractivity contribution in [3.05, 3.63) is 66.2 Å². The molecule has 2 aromatic rings. The summed E-state index contributed by atoms with van der Waals surface area (Å²) < 4.78 is 0. The van der Waals surface area contributed by atoms with E-state index in [1.165, 1.54) is 19.3 Å². The summed E-state index contributed by atoms with van der Waals surface area (Å²) in [5.74, 6) is 0. The number of carbonyl (C=O) groups is 1. The SMILES string of the molecule is CCCCCCNC(=O)N(Cc1ccccc1)c1ccccc1. The number of nitrogens with one attached hydrogen (secondary N) is 1. The van der Waals surface area contributed by atoms with Crippen LogP contribution in [-0.4, -0.2) is 12.6 Å². The summed E-state index contributed by atoms with van der Waals surface area (Å²) in [6.45, 7) is 3.50. The first-order valence-electron chi connectivity index (χ1n) is 8.45. The average Bonchev–Trinajstić information content (AvgIpc) is 2.61. The van der Waals surface area contributed by atoms with Gasteiger partial charge < -0.3 is 5.32 Å². The molecule has 0 saturated carbocycles. The smallest absolute Gasteiger partial charge is 0.322 e. The molecule has 2 amide bonds. The summed E-state index contributed by atoms with van der Waals surface area (Å²) in [5, 5.41) is 3.05. The Bertz CT molecular complexity index is 569. The van der Waals surface area contributed by atoms with E-state index in [2.05, 4.69) is 12.2 Å². The van der Waals surface area contributed by atoms with Crippen molar-refractivity contribution in [2.75, 3.05) is 11.4 Å². The van der Waals surface area contributed by atoms with Crippen molar-refractivity contribution in [1.82, 2.24) is 5.32 Å². The van der Waals surface area contributed by atoms with Crippen LogP contribution in [0.1, 0.15) is 38.2 Å². The zero-order valence-corrected chi connectivity index (χ0v) is 13.9. The van der Waals surface area contributed by atoms with Crippen LogP contribution in [0.25, 0.3) is 0 Å². The highest BCUT2D eigenvalue weighted by atomic mass is 16.2. The Hall–Kier alpha value is -2.29. The lowest BCUT2D eigenvalue weighted by molar-refractivity contribution is 0.245. The van der Waals surface area contributed by atoms with Crippen LogP contribution in [0, 0.1) is 0 Å². The molecule has 0 aliphatic heterocycles. The molecule has 2 rings (SSSR count). The number of hydrogen-bond acceptors (Lipinski definition) is 1. The molecule has 0 unspecified atom stereocenters. The van der Waals surface area contributed by atoms with Crippen molar-refractivity contribution in [3.8, 4) is 0 Å². The monoisotopic (exact) mass is 310 g/mol. The Kier molecular flexibility index (Phi) is 7.18. The maximum Gasteiger partial charge on any atom is 0.322 e. The first-order valence-corrected chi connectivity index (χ1v) is 8.45. The largest absolute Gasteiger partial charge is 0.338 e. The Morgan fingerprint density at radius 2 is 1.57 bits per heavy atom.